The molecule has 0 unspecified atom stereocenters. The van der Waals surface area contributed by atoms with Crippen molar-refractivity contribution >= 4 is 33.3 Å². The molecule has 1 fully saturated rings. The summed E-state index contributed by atoms with van der Waals surface area (Å²) in [6, 6.07) is 7.48. The average Bonchev–Trinajstić information content (AvgIpc) is 3.30. The third kappa shape index (κ3) is 2.83. The van der Waals surface area contributed by atoms with Crippen LogP contribution < -0.4 is 11.1 Å². The Kier molecular flexibility index (Phi) is 3.52. The molecule has 1 aromatic carbocycles. The Labute approximate surface area is 131 Å². The lowest BCUT2D eigenvalue weighted by molar-refractivity contribution is 0.927. The van der Waals surface area contributed by atoms with E-state index in [0.29, 0.717) is 17.3 Å². The molecule has 3 rings (SSSR count). The number of nitrogens with zero attached hydrogens (tertiary/aromatic N) is 3. The van der Waals surface area contributed by atoms with Crippen molar-refractivity contribution in [2.75, 3.05) is 11.1 Å². The maximum Gasteiger partial charge on any atom is 0.139 e. The summed E-state index contributed by atoms with van der Waals surface area (Å²) in [5, 5.41) is 12.2. The van der Waals surface area contributed by atoms with E-state index in [-0.39, 0.29) is 0 Å². The summed E-state index contributed by atoms with van der Waals surface area (Å²) in [5.41, 5.74) is 8.25. The zero-order valence-corrected chi connectivity index (χ0v) is 13.1. The number of nitrogens with one attached hydrogen (secondary N) is 1. The average molecular weight is 344 g/mol. The van der Waals surface area contributed by atoms with Crippen molar-refractivity contribution < 1.29 is 0 Å². The molecule has 2 aromatic rings. The van der Waals surface area contributed by atoms with E-state index in [2.05, 4.69) is 37.3 Å². The van der Waals surface area contributed by atoms with Crippen LogP contribution in [0.1, 0.15) is 35.7 Å². The van der Waals surface area contributed by atoms with Crippen LogP contribution in [-0.2, 0) is 0 Å². The van der Waals surface area contributed by atoms with Gasteiger partial charge in [0.2, 0.25) is 0 Å². The summed E-state index contributed by atoms with van der Waals surface area (Å²) >= 11 is 3.46. The van der Waals surface area contributed by atoms with Crippen LogP contribution >= 0.6 is 15.9 Å². The molecule has 1 heterocycles. The summed E-state index contributed by atoms with van der Waals surface area (Å²) in [4.78, 5) is 8.94. The van der Waals surface area contributed by atoms with Gasteiger partial charge in [0.15, 0.2) is 0 Å². The minimum Gasteiger partial charge on any atom is -0.383 e. The fourth-order valence-electron chi connectivity index (χ4n) is 2.01. The number of nitrogen functional groups attached to an aromatic ring is 1. The van der Waals surface area contributed by atoms with Crippen molar-refractivity contribution in [3.05, 3.63) is 39.6 Å². The summed E-state index contributed by atoms with van der Waals surface area (Å²) < 4.78 is 0.811. The summed E-state index contributed by atoms with van der Waals surface area (Å²) in [6.07, 6.45) is 2.25. The molecule has 0 amide bonds. The molecule has 1 saturated carbocycles. The minimum absolute atomic E-state index is 0.442. The van der Waals surface area contributed by atoms with Gasteiger partial charge in [-0.05, 0) is 53.9 Å². The van der Waals surface area contributed by atoms with Crippen molar-refractivity contribution in [1.29, 1.82) is 5.26 Å². The standard InChI is InChI=1S/C15H14BrN5/c1-8-13(18)20-15(10-3-4-10)21-14(8)19-12-5-2-9(7-17)6-11(12)16/h2,5-6,10H,3-4H2,1H3,(H3,18,19,20,21). The highest BCUT2D eigenvalue weighted by Crippen LogP contribution is 2.39. The molecule has 1 aliphatic carbocycles. The molecule has 3 N–H and O–H groups in total. The molecular weight excluding hydrogens is 330 g/mol. The number of benzene rings is 1. The van der Waals surface area contributed by atoms with E-state index in [0.717, 1.165) is 40.2 Å². The highest BCUT2D eigenvalue weighted by Gasteiger charge is 2.28. The number of halogens is 1. The first kappa shape index (κ1) is 13.8. The Hall–Kier alpha value is -2.13. The maximum atomic E-state index is 8.90. The molecule has 0 radical (unpaired) electrons. The van der Waals surface area contributed by atoms with Crippen LogP contribution in [0.2, 0.25) is 0 Å². The largest absolute Gasteiger partial charge is 0.383 e. The van der Waals surface area contributed by atoms with Crippen molar-refractivity contribution in [1.82, 2.24) is 9.97 Å². The number of hydrogen-bond donors (Lipinski definition) is 2. The van der Waals surface area contributed by atoms with Gasteiger partial charge in [0.05, 0.1) is 17.3 Å². The lowest BCUT2D eigenvalue weighted by Crippen LogP contribution is -2.06. The van der Waals surface area contributed by atoms with E-state index < -0.39 is 0 Å². The molecule has 0 spiro atoms. The molecule has 21 heavy (non-hydrogen) atoms. The Balaban J connectivity index is 1.96. The Morgan fingerprint density at radius 3 is 2.76 bits per heavy atom. The summed E-state index contributed by atoms with van der Waals surface area (Å²) in [5.74, 6) is 2.48. The number of nitriles is 1. The Morgan fingerprint density at radius 1 is 1.38 bits per heavy atom. The second kappa shape index (κ2) is 5.34. The molecule has 0 bridgehead atoms. The molecule has 1 aromatic heterocycles. The molecule has 0 saturated heterocycles. The van der Waals surface area contributed by atoms with Crippen LogP contribution in [-0.4, -0.2) is 9.97 Å². The third-order valence-electron chi connectivity index (χ3n) is 3.49. The van der Waals surface area contributed by atoms with Crippen LogP contribution in [0, 0.1) is 18.3 Å². The summed E-state index contributed by atoms with van der Waals surface area (Å²) in [6.45, 7) is 1.89. The van der Waals surface area contributed by atoms with Crippen LogP contribution in [0.15, 0.2) is 22.7 Å². The second-order valence-corrected chi connectivity index (χ2v) is 6.00. The number of anilines is 3. The molecule has 5 nitrogen and oxygen atoms in total. The van der Waals surface area contributed by atoms with Gasteiger partial charge >= 0.3 is 0 Å². The first-order valence-corrected chi connectivity index (χ1v) is 7.48. The van der Waals surface area contributed by atoms with E-state index in [1.54, 1.807) is 12.1 Å². The number of aromatic nitrogens is 2. The number of nitrogens with two attached hydrogens (primary N) is 1. The van der Waals surface area contributed by atoms with E-state index in [1.807, 2.05) is 13.0 Å². The normalized spacial score (nSPS) is 13.8. The topological polar surface area (TPSA) is 87.6 Å². The molecule has 106 valence electrons. The SMILES string of the molecule is Cc1c(N)nc(C2CC2)nc1Nc1ccc(C#N)cc1Br. The van der Waals surface area contributed by atoms with Gasteiger partial charge in [0.25, 0.3) is 0 Å². The number of rotatable bonds is 3. The second-order valence-electron chi connectivity index (χ2n) is 5.15. The lowest BCUT2D eigenvalue weighted by atomic mass is 10.2. The third-order valence-corrected chi connectivity index (χ3v) is 4.15. The molecule has 1 aliphatic rings. The van der Waals surface area contributed by atoms with Gasteiger partial charge in [-0.15, -0.1) is 0 Å². The summed E-state index contributed by atoms with van der Waals surface area (Å²) in [7, 11) is 0. The van der Waals surface area contributed by atoms with Crippen LogP contribution in [0.4, 0.5) is 17.3 Å². The van der Waals surface area contributed by atoms with Gasteiger partial charge in [0, 0.05) is 16.0 Å². The molecule has 0 aliphatic heterocycles. The van der Waals surface area contributed by atoms with Crippen LogP contribution in [0.3, 0.4) is 0 Å². The van der Waals surface area contributed by atoms with Gasteiger partial charge < -0.3 is 11.1 Å². The maximum absolute atomic E-state index is 8.90. The first-order chi connectivity index (χ1) is 10.1. The van der Waals surface area contributed by atoms with Crippen LogP contribution in [0.25, 0.3) is 0 Å². The van der Waals surface area contributed by atoms with Gasteiger partial charge in [-0.25, -0.2) is 9.97 Å². The predicted octanol–water partition coefficient (Wildman–Crippen LogP) is 3.62. The molecule has 6 heteroatoms. The smallest absolute Gasteiger partial charge is 0.139 e. The van der Waals surface area contributed by atoms with Crippen molar-refractivity contribution in [3.8, 4) is 6.07 Å². The van der Waals surface area contributed by atoms with Gasteiger partial charge in [-0.3, -0.25) is 0 Å². The van der Waals surface area contributed by atoms with Crippen LogP contribution in [0.5, 0.6) is 0 Å². The van der Waals surface area contributed by atoms with E-state index in [1.165, 1.54) is 0 Å². The first-order valence-electron chi connectivity index (χ1n) is 6.69. The highest BCUT2D eigenvalue weighted by molar-refractivity contribution is 9.10. The van der Waals surface area contributed by atoms with Gasteiger partial charge in [-0.1, -0.05) is 0 Å². The van der Waals surface area contributed by atoms with Crippen molar-refractivity contribution in [2.45, 2.75) is 25.7 Å². The highest BCUT2D eigenvalue weighted by atomic mass is 79.9. The van der Waals surface area contributed by atoms with Gasteiger partial charge in [0.1, 0.15) is 17.5 Å². The number of hydrogen-bond acceptors (Lipinski definition) is 5. The fourth-order valence-corrected chi connectivity index (χ4v) is 2.49. The molecule has 0 atom stereocenters. The van der Waals surface area contributed by atoms with E-state index >= 15 is 0 Å². The monoisotopic (exact) mass is 343 g/mol. The minimum atomic E-state index is 0.442. The quantitative estimate of drug-likeness (QED) is 0.888. The van der Waals surface area contributed by atoms with E-state index in [9.17, 15) is 0 Å². The lowest BCUT2D eigenvalue weighted by Gasteiger charge is -2.13. The fraction of sp³-hybridized carbons (Fsp3) is 0.267. The van der Waals surface area contributed by atoms with Crippen molar-refractivity contribution in [3.63, 3.8) is 0 Å². The predicted molar refractivity (Wildman–Crippen MR) is 85.3 cm³/mol. The van der Waals surface area contributed by atoms with Crippen molar-refractivity contribution in [2.24, 2.45) is 0 Å². The zero-order chi connectivity index (χ0) is 15.0. The Morgan fingerprint density at radius 2 is 2.14 bits per heavy atom. The Bertz CT molecular complexity index is 746. The van der Waals surface area contributed by atoms with Gasteiger partial charge in [-0.2, -0.15) is 5.26 Å². The van der Waals surface area contributed by atoms with E-state index in [4.69, 9.17) is 11.0 Å². The molecular formula is C15H14BrN5. The zero-order valence-electron chi connectivity index (χ0n) is 11.5.